The van der Waals surface area contributed by atoms with Crippen molar-refractivity contribution < 1.29 is 0 Å². The molecule has 0 aromatic carbocycles. The van der Waals surface area contributed by atoms with Crippen molar-refractivity contribution in [3.8, 4) is 0 Å². The highest BCUT2D eigenvalue weighted by Crippen LogP contribution is 2.18. The zero-order chi connectivity index (χ0) is 9.97. The minimum Gasteiger partial charge on any atom is -0.313 e. The summed E-state index contributed by atoms with van der Waals surface area (Å²) in [5.74, 6) is 0.281. The molecule has 0 amide bonds. The van der Waals surface area contributed by atoms with Gasteiger partial charge in [0, 0.05) is 36.4 Å². The third kappa shape index (κ3) is 1.77. The Morgan fingerprint density at radius 1 is 1.71 bits per heavy atom. The number of aromatic amines is 1. The summed E-state index contributed by atoms with van der Waals surface area (Å²) in [6.45, 7) is 2.74. The van der Waals surface area contributed by atoms with Gasteiger partial charge in [-0.05, 0) is 0 Å². The molecule has 0 spiro atoms. The van der Waals surface area contributed by atoms with Gasteiger partial charge in [-0.25, -0.2) is 9.78 Å². The molecule has 0 bridgehead atoms. The lowest BCUT2D eigenvalue weighted by molar-refractivity contribution is 0.580. The van der Waals surface area contributed by atoms with Gasteiger partial charge in [0.05, 0.1) is 5.01 Å². The Balaban J connectivity index is 2.13. The normalized spacial score (nSPS) is 12.9. The van der Waals surface area contributed by atoms with E-state index in [2.05, 4.69) is 16.9 Å². The lowest BCUT2D eigenvalue weighted by Gasteiger charge is -2.07. The summed E-state index contributed by atoms with van der Waals surface area (Å²) < 4.78 is 1.66. The Bertz CT molecular complexity index is 443. The Kier molecular flexibility index (Phi) is 2.49. The van der Waals surface area contributed by atoms with E-state index in [1.807, 2.05) is 5.38 Å². The van der Waals surface area contributed by atoms with Gasteiger partial charge in [-0.2, -0.15) is 0 Å². The van der Waals surface area contributed by atoms with Crippen LogP contribution in [0.2, 0.25) is 0 Å². The van der Waals surface area contributed by atoms with E-state index in [-0.39, 0.29) is 11.6 Å². The third-order valence-corrected chi connectivity index (χ3v) is 3.07. The van der Waals surface area contributed by atoms with Crippen LogP contribution in [-0.2, 0) is 6.54 Å². The van der Waals surface area contributed by atoms with Crippen LogP contribution in [0, 0.1) is 0 Å². The fourth-order valence-electron chi connectivity index (χ4n) is 1.34. The topological polar surface area (TPSA) is 50.7 Å². The maximum atomic E-state index is 11.2. The monoisotopic (exact) mass is 209 g/mol. The summed E-state index contributed by atoms with van der Waals surface area (Å²) in [6, 6.07) is 0. The van der Waals surface area contributed by atoms with Crippen molar-refractivity contribution in [2.75, 3.05) is 0 Å². The molecule has 0 radical (unpaired) electrons. The second kappa shape index (κ2) is 3.79. The Labute approximate surface area is 85.2 Å². The van der Waals surface area contributed by atoms with E-state index in [9.17, 15) is 4.79 Å². The van der Waals surface area contributed by atoms with Crippen LogP contribution in [0.3, 0.4) is 0 Å². The minimum absolute atomic E-state index is 0.0617. The molecule has 2 heterocycles. The molecule has 14 heavy (non-hydrogen) atoms. The molecule has 0 aliphatic rings. The lowest BCUT2D eigenvalue weighted by Crippen LogP contribution is -2.19. The predicted octanol–water partition coefficient (Wildman–Crippen LogP) is 1.44. The highest BCUT2D eigenvalue weighted by atomic mass is 32.1. The quantitative estimate of drug-likeness (QED) is 0.831. The second-order valence-electron chi connectivity index (χ2n) is 3.19. The van der Waals surface area contributed by atoms with Gasteiger partial charge in [0.2, 0.25) is 0 Å². The number of nitrogens with zero attached hydrogens (tertiary/aromatic N) is 2. The molecule has 1 atom stereocenters. The Morgan fingerprint density at radius 3 is 3.14 bits per heavy atom. The van der Waals surface area contributed by atoms with Crippen molar-refractivity contribution in [1.29, 1.82) is 0 Å². The van der Waals surface area contributed by atoms with E-state index in [4.69, 9.17) is 0 Å². The molecule has 2 aromatic heterocycles. The first-order valence-electron chi connectivity index (χ1n) is 4.40. The largest absolute Gasteiger partial charge is 0.325 e. The van der Waals surface area contributed by atoms with Gasteiger partial charge >= 0.3 is 5.69 Å². The SMILES string of the molecule is CC(Cn1cc[nH]c1=O)c1nccs1. The smallest absolute Gasteiger partial charge is 0.313 e. The highest BCUT2D eigenvalue weighted by Gasteiger charge is 2.09. The van der Waals surface area contributed by atoms with E-state index in [1.54, 1.807) is 34.5 Å². The maximum absolute atomic E-state index is 11.2. The number of aromatic nitrogens is 3. The van der Waals surface area contributed by atoms with Gasteiger partial charge in [0.15, 0.2) is 0 Å². The number of thiazole rings is 1. The van der Waals surface area contributed by atoms with Gasteiger partial charge in [0.1, 0.15) is 0 Å². The lowest BCUT2D eigenvalue weighted by atomic mass is 10.2. The predicted molar refractivity (Wildman–Crippen MR) is 55.6 cm³/mol. The zero-order valence-corrected chi connectivity index (χ0v) is 8.62. The Hall–Kier alpha value is -1.36. The van der Waals surface area contributed by atoms with Gasteiger partial charge in [0.25, 0.3) is 0 Å². The summed E-state index contributed by atoms with van der Waals surface area (Å²) in [6.07, 6.45) is 5.19. The summed E-state index contributed by atoms with van der Waals surface area (Å²) in [7, 11) is 0. The molecule has 5 heteroatoms. The molecule has 4 nitrogen and oxygen atoms in total. The molecular weight excluding hydrogens is 198 g/mol. The number of rotatable bonds is 3. The van der Waals surface area contributed by atoms with E-state index in [0.717, 1.165) is 5.01 Å². The second-order valence-corrected chi connectivity index (χ2v) is 4.12. The fourth-order valence-corrected chi connectivity index (χ4v) is 2.03. The van der Waals surface area contributed by atoms with Crippen molar-refractivity contribution >= 4 is 11.3 Å². The van der Waals surface area contributed by atoms with Crippen LogP contribution < -0.4 is 5.69 Å². The molecule has 0 fully saturated rings. The summed E-state index contributed by atoms with van der Waals surface area (Å²) in [4.78, 5) is 18.0. The van der Waals surface area contributed by atoms with Crippen molar-refractivity contribution in [3.63, 3.8) is 0 Å². The fraction of sp³-hybridized carbons (Fsp3) is 0.333. The number of imidazole rings is 1. The molecule has 74 valence electrons. The summed E-state index contributed by atoms with van der Waals surface area (Å²) in [5, 5.41) is 3.02. The molecule has 2 rings (SSSR count). The van der Waals surface area contributed by atoms with Crippen LogP contribution in [0.1, 0.15) is 17.8 Å². The van der Waals surface area contributed by atoms with E-state index in [0.29, 0.717) is 6.54 Å². The molecule has 1 unspecified atom stereocenters. The van der Waals surface area contributed by atoms with Gasteiger partial charge < -0.3 is 4.98 Å². The number of H-pyrrole nitrogens is 1. The van der Waals surface area contributed by atoms with Gasteiger partial charge in [-0.3, -0.25) is 4.57 Å². The first kappa shape index (κ1) is 9.21. The van der Waals surface area contributed by atoms with Crippen LogP contribution in [0.4, 0.5) is 0 Å². The van der Waals surface area contributed by atoms with Crippen molar-refractivity contribution in [2.45, 2.75) is 19.4 Å². The van der Waals surface area contributed by atoms with Gasteiger partial charge in [-0.1, -0.05) is 6.92 Å². The standard InChI is InChI=1S/C9H11N3OS/c1-7(8-10-3-5-14-8)6-12-4-2-11-9(12)13/h2-5,7H,6H2,1H3,(H,11,13). The molecular formula is C9H11N3OS. The minimum atomic E-state index is -0.0617. The Morgan fingerprint density at radius 2 is 2.57 bits per heavy atom. The number of hydrogen-bond donors (Lipinski definition) is 1. The van der Waals surface area contributed by atoms with Crippen LogP contribution in [0.15, 0.2) is 28.8 Å². The van der Waals surface area contributed by atoms with E-state index in [1.165, 1.54) is 0 Å². The van der Waals surface area contributed by atoms with Crippen LogP contribution in [-0.4, -0.2) is 14.5 Å². The van der Waals surface area contributed by atoms with Crippen molar-refractivity contribution in [1.82, 2.24) is 14.5 Å². The van der Waals surface area contributed by atoms with Gasteiger partial charge in [-0.15, -0.1) is 11.3 Å². The van der Waals surface area contributed by atoms with Crippen molar-refractivity contribution in [2.24, 2.45) is 0 Å². The molecule has 0 saturated carbocycles. The summed E-state index contributed by atoms with van der Waals surface area (Å²) >= 11 is 1.62. The van der Waals surface area contributed by atoms with E-state index >= 15 is 0 Å². The summed E-state index contributed by atoms with van der Waals surface area (Å²) in [5.41, 5.74) is -0.0617. The van der Waals surface area contributed by atoms with Crippen LogP contribution >= 0.6 is 11.3 Å². The van der Waals surface area contributed by atoms with Crippen LogP contribution in [0.25, 0.3) is 0 Å². The average Bonchev–Trinajstić information content (AvgIpc) is 2.77. The maximum Gasteiger partial charge on any atom is 0.325 e. The first-order valence-corrected chi connectivity index (χ1v) is 5.28. The van der Waals surface area contributed by atoms with Crippen molar-refractivity contribution in [3.05, 3.63) is 39.5 Å². The molecule has 0 saturated heterocycles. The zero-order valence-electron chi connectivity index (χ0n) is 7.80. The highest BCUT2D eigenvalue weighted by molar-refractivity contribution is 7.09. The molecule has 0 aliphatic carbocycles. The first-order chi connectivity index (χ1) is 6.77. The van der Waals surface area contributed by atoms with Crippen LogP contribution in [0.5, 0.6) is 0 Å². The molecule has 2 aromatic rings. The number of hydrogen-bond acceptors (Lipinski definition) is 3. The molecule has 0 aliphatic heterocycles. The third-order valence-electron chi connectivity index (χ3n) is 2.07. The molecule has 1 N–H and O–H groups in total. The average molecular weight is 209 g/mol. The van der Waals surface area contributed by atoms with E-state index < -0.39 is 0 Å². The number of nitrogens with one attached hydrogen (secondary N) is 1.